The van der Waals surface area contributed by atoms with Gasteiger partial charge in [-0.05, 0) is 74.8 Å². The van der Waals surface area contributed by atoms with E-state index >= 15 is 0 Å². The first-order valence-electron chi connectivity index (χ1n) is 12.6. The second kappa shape index (κ2) is 11.2. The van der Waals surface area contributed by atoms with Crippen molar-refractivity contribution >= 4 is 35.2 Å². The van der Waals surface area contributed by atoms with Crippen LogP contribution in [0.15, 0.2) is 36.4 Å². The SMILES string of the molecule is CCC(C)OC(=O)N1CCC(N2CC[C@@H](Cc3c(Cl)cc(-c4ccc(C)cc4)cc3Cl)C2=O)CC1. The first-order chi connectivity index (χ1) is 16.8. The van der Waals surface area contributed by atoms with Crippen LogP contribution in [0.5, 0.6) is 0 Å². The molecule has 4 rings (SSSR count). The van der Waals surface area contributed by atoms with E-state index in [1.807, 2.05) is 30.9 Å². The summed E-state index contributed by atoms with van der Waals surface area (Å²) in [6.07, 6.45) is 3.37. The van der Waals surface area contributed by atoms with Gasteiger partial charge >= 0.3 is 6.09 Å². The molecule has 188 valence electrons. The summed E-state index contributed by atoms with van der Waals surface area (Å²) >= 11 is 13.3. The van der Waals surface area contributed by atoms with Crippen molar-refractivity contribution in [2.24, 2.45) is 5.92 Å². The second-order valence-corrected chi connectivity index (χ2v) is 10.6. The predicted octanol–water partition coefficient (Wildman–Crippen LogP) is 6.76. The smallest absolute Gasteiger partial charge is 0.410 e. The molecular formula is C28H34Cl2N2O3. The number of carbonyl (C=O) groups is 2. The number of benzene rings is 2. The van der Waals surface area contributed by atoms with Crippen LogP contribution in [0.2, 0.25) is 10.0 Å². The van der Waals surface area contributed by atoms with E-state index < -0.39 is 0 Å². The van der Waals surface area contributed by atoms with Crippen LogP contribution >= 0.6 is 23.2 Å². The summed E-state index contributed by atoms with van der Waals surface area (Å²) in [4.78, 5) is 29.4. The summed E-state index contributed by atoms with van der Waals surface area (Å²) in [6.45, 7) is 7.93. The molecule has 0 saturated carbocycles. The van der Waals surface area contributed by atoms with Crippen molar-refractivity contribution in [1.29, 1.82) is 0 Å². The minimum atomic E-state index is -0.248. The summed E-state index contributed by atoms with van der Waals surface area (Å²) in [5.41, 5.74) is 4.07. The molecule has 2 heterocycles. The molecule has 2 aromatic rings. The fraction of sp³-hybridized carbons (Fsp3) is 0.500. The molecule has 2 aliphatic rings. The van der Waals surface area contributed by atoms with Crippen LogP contribution in [-0.4, -0.2) is 53.6 Å². The molecule has 0 aliphatic carbocycles. The zero-order valence-electron chi connectivity index (χ0n) is 20.7. The normalized spacial score (nSPS) is 19.8. The van der Waals surface area contributed by atoms with Gasteiger partial charge in [0, 0.05) is 41.6 Å². The van der Waals surface area contributed by atoms with Gasteiger partial charge < -0.3 is 14.5 Å². The number of hydrogen-bond donors (Lipinski definition) is 0. The number of nitrogens with zero attached hydrogens (tertiary/aromatic N) is 2. The molecule has 0 spiro atoms. The first-order valence-corrected chi connectivity index (χ1v) is 13.3. The summed E-state index contributed by atoms with van der Waals surface area (Å²) in [7, 11) is 0. The van der Waals surface area contributed by atoms with Gasteiger partial charge in [0.05, 0.1) is 0 Å². The van der Waals surface area contributed by atoms with Crippen molar-refractivity contribution in [3.63, 3.8) is 0 Å². The summed E-state index contributed by atoms with van der Waals surface area (Å²) in [6, 6.07) is 12.3. The Morgan fingerprint density at radius 3 is 2.26 bits per heavy atom. The molecule has 1 unspecified atom stereocenters. The molecule has 0 N–H and O–H groups in total. The monoisotopic (exact) mass is 516 g/mol. The van der Waals surface area contributed by atoms with Gasteiger partial charge in [0.15, 0.2) is 0 Å². The third kappa shape index (κ3) is 5.95. The Morgan fingerprint density at radius 2 is 1.66 bits per heavy atom. The zero-order valence-corrected chi connectivity index (χ0v) is 22.2. The minimum Gasteiger partial charge on any atom is -0.446 e. The lowest BCUT2D eigenvalue weighted by Gasteiger charge is -2.36. The number of amides is 2. The molecule has 0 aromatic heterocycles. The molecule has 0 radical (unpaired) electrons. The van der Waals surface area contributed by atoms with E-state index in [1.54, 1.807) is 4.90 Å². The van der Waals surface area contributed by atoms with Gasteiger partial charge in [0.2, 0.25) is 5.91 Å². The maximum Gasteiger partial charge on any atom is 0.410 e. The van der Waals surface area contributed by atoms with Crippen LogP contribution in [0.4, 0.5) is 4.79 Å². The van der Waals surface area contributed by atoms with Crippen LogP contribution in [0.3, 0.4) is 0 Å². The van der Waals surface area contributed by atoms with Gasteiger partial charge in [-0.1, -0.05) is 60.0 Å². The fourth-order valence-electron chi connectivity index (χ4n) is 4.96. The van der Waals surface area contributed by atoms with Crippen molar-refractivity contribution in [3.05, 3.63) is 57.6 Å². The summed E-state index contributed by atoms with van der Waals surface area (Å²) in [5.74, 6) is 0.0454. The third-order valence-electron chi connectivity index (χ3n) is 7.37. The van der Waals surface area contributed by atoms with E-state index in [0.29, 0.717) is 29.6 Å². The van der Waals surface area contributed by atoms with E-state index in [-0.39, 0.29) is 30.1 Å². The Kier molecular flexibility index (Phi) is 8.28. The van der Waals surface area contributed by atoms with Crippen molar-refractivity contribution < 1.29 is 14.3 Å². The van der Waals surface area contributed by atoms with Gasteiger partial charge in [-0.3, -0.25) is 4.79 Å². The van der Waals surface area contributed by atoms with Gasteiger partial charge in [-0.15, -0.1) is 0 Å². The highest BCUT2D eigenvalue weighted by atomic mass is 35.5. The van der Waals surface area contributed by atoms with Gasteiger partial charge in [-0.25, -0.2) is 4.79 Å². The zero-order chi connectivity index (χ0) is 25.1. The summed E-state index contributed by atoms with van der Waals surface area (Å²) < 4.78 is 5.45. The van der Waals surface area contributed by atoms with Crippen molar-refractivity contribution in [2.75, 3.05) is 19.6 Å². The molecule has 7 heteroatoms. The quantitative estimate of drug-likeness (QED) is 0.426. The lowest BCUT2D eigenvalue weighted by molar-refractivity contribution is -0.133. The first kappa shape index (κ1) is 25.8. The van der Waals surface area contributed by atoms with Gasteiger partial charge in [0.25, 0.3) is 0 Å². The topological polar surface area (TPSA) is 49.9 Å². The van der Waals surface area contributed by atoms with E-state index in [4.69, 9.17) is 27.9 Å². The highest BCUT2D eigenvalue weighted by Gasteiger charge is 2.38. The highest BCUT2D eigenvalue weighted by Crippen LogP contribution is 2.36. The highest BCUT2D eigenvalue weighted by molar-refractivity contribution is 6.36. The number of likely N-dealkylation sites (tertiary alicyclic amines) is 2. The third-order valence-corrected chi connectivity index (χ3v) is 8.04. The summed E-state index contributed by atoms with van der Waals surface area (Å²) in [5, 5.41) is 1.21. The molecule has 0 bridgehead atoms. The maximum atomic E-state index is 13.3. The van der Waals surface area contributed by atoms with Crippen LogP contribution < -0.4 is 0 Å². The molecule has 2 amide bonds. The molecular weight excluding hydrogens is 483 g/mol. The van der Waals surface area contributed by atoms with Gasteiger partial charge in [-0.2, -0.15) is 0 Å². The van der Waals surface area contributed by atoms with Gasteiger partial charge in [0.1, 0.15) is 6.10 Å². The second-order valence-electron chi connectivity index (χ2n) is 9.83. The lowest BCUT2D eigenvalue weighted by Crippen LogP contribution is -2.48. The number of piperidine rings is 1. The largest absolute Gasteiger partial charge is 0.446 e. The number of hydrogen-bond acceptors (Lipinski definition) is 3. The molecule has 2 saturated heterocycles. The number of rotatable bonds is 6. The van der Waals surface area contributed by atoms with E-state index in [2.05, 4.69) is 31.2 Å². The Bertz CT molecular complexity index is 1040. The number of ether oxygens (including phenoxy) is 1. The Balaban J connectivity index is 1.36. The Morgan fingerprint density at radius 1 is 1.03 bits per heavy atom. The number of aryl methyl sites for hydroxylation is 1. The number of carbonyl (C=O) groups excluding carboxylic acids is 2. The fourth-order valence-corrected chi connectivity index (χ4v) is 5.60. The van der Waals surface area contributed by atoms with E-state index in [0.717, 1.165) is 48.9 Å². The van der Waals surface area contributed by atoms with E-state index in [9.17, 15) is 9.59 Å². The van der Waals surface area contributed by atoms with Crippen molar-refractivity contribution in [3.8, 4) is 11.1 Å². The average molecular weight is 517 g/mol. The average Bonchev–Trinajstić information content (AvgIpc) is 3.21. The minimum absolute atomic E-state index is 0.0780. The Labute approximate surface area is 218 Å². The molecule has 2 atom stereocenters. The van der Waals surface area contributed by atoms with Crippen molar-refractivity contribution in [2.45, 2.75) is 65.0 Å². The molecule has 2 aliphatic heterocycles. The van der Waals surface area contributed by atoms with Crippen LogP contribution in [0.1, 0.15) is 50.7 Å². The molecule has 2 fully saturated rings. The van der Waals surface area contributed by atoms with Crippen LogP contribution in [-0.2, 0) is 16.0 Å². The van der Waals surface area contributed by atoms with Crippen molar-refractivity contribution in [1.82, 2.24) is 9.80 Å². The maximum absolute atomic E-state index is 13.3. The Hall–Kier alpha value is -2.24. The molecule has 35 heavy (non-hydrogen) atoms. The van der Waals surface area contributed by atoms with Crippen LogP contribution in [0, 0.1) is 12.8 Å². The predicted molar refractivity (Wildman–Crippen MR) is 141 cm³/mol. The molecule has 5 nitrogen and oxygen atoms in total. The van der Waals surface area contributed by atoms with Crippen LogP contribution in [0.25, 0.3) is 11.1 Å². The standard InChI is InChI=1S/C28H34Cl2N2O3/c1-4-19(3)35-28(34)31-12-10-23(11-13-31)32-14-9-21(27(32)33)15-24-25(29)16-22(17-26(24)30)20-7-5-18(2)6-8-20/h5-8,16-17,19,21,23H,4,9-15H2,1-3H3/t19?,21-/m0/s1. The molecule has 2 aromatic carbocycles. The van der Waals surface area contributed by atoms with E-state index in [1.165, 1.54) is 5.56 Å². The number of halogens is 2. The lowest BCUT2D eigenvalue weighted by atomic mass is 9.95.